The highest BCUT2D eigenvalue weighted by molar-refractivity contribution is 8.00. The van der Waals surface area contributed by atoms with Crippen molar-refractivity contribution in [1.82, 2.24) is 4.90 Å². The average molecular weight is 347 g/mol. The molecule has 2 aliphatic heterocycles. The lowest BCUT2D eigenvalue weighted by molar-refractivity contribution is -0.132. The third kappa shape index (κ3) is 3.58. The van der Waals surface area contributed by atoms with Crippen LogP contribution < -0.4 is 5.73 Å². The van der Waals surface area contributed by atoms with Crippen LogP contribution in [-0.4, -0.2) is 35.7 Å². The summed E-state index contributed by atoms with van der Waals surface area (Å²) in [6.07, 6.45) is 3.22. The average Bonchev–Trinajstić information content (AvgIpc) is 2.95. The molecule has 1 amide bonds. The number of hydrogen-bond acceptors (Lipinski definition) is 4. The van der Waals surface area contributed by atoms with E-state index < -0.39 is 0 Å². The van der Waals surface area contributed by atoms with Crippen LogP contribution in [0.1, 0.15) is 35.5 Å². The molecule has 0 aliphatic carbocycles. The normalized spacial score (nSPS) is 24.1. The van der Waals surface area contributed by atoms with Crippen LogP contribution >= 0.6 is 35.5 Å². The molecule has 118 valence electrons. The number of rotatable bonds is 2. The molecule has 2 aliphatic rings. The molecule has 6 heteroatoms. The summed E-state index contributed by atoms with van der Waals surface area (Å²) in [5.74, 6) is 1.97. The van der Waals surface area contributed by atoms with Gasteiger partial charge in [-0.2, -0.15) is 0 Å². The van der Waals surface area contributed by atoms with Crippen LogP contribution in [0, 0.1) is 5.92 Å². The second-order valence-electron chi connectivity index (χ2n) is 5.82. The molecular formula is C15H23ClN2OS2. The van der Waals surface area contributed by atoms with Crippen molar-refractivity contribution >= 4 is 41.4 Å². The van der Waals surface area contributed by atoms with E-state index >= 15 is 0 Å². The maximum Gasteiger partial charge on any atom is 0.240 e. The van der Waals surface area contributed by atoms with Crippen molar-refractivity contribution in [3.63, 3.8) is 0 Å². The van der Waals surface area contributed by atoms with Crippen molar-refractivity contribution in [3.05, 3.63) is 21.9 Å². The SMILES string of the molecule is CC(N)C1CCN(C(=O)C2SCCc3sccc32)CC1.Cl. The summed E-state index contributed by atoms with van der Waals surface area (Å²) in [6.45, 7) is 3.83. The number of thiophene rings is 1. The number of amides is 1. The topological polar surface area (TPSA) is 46.3 Å². The molecule has 3 rings (SSSR count). The zero-order valence-electron chi connectivity index (χ0n) is 12.3. The fourth-order valence-electron chi connectivity index (χ4n) is 3.16. The van der Waals surface area contributed by atoms with E-state index in [2.05, 4.69) is 23.3 Å². The van der Waals surface area contributed by atoms with Crippen LogP contribution in [0.3, 0.4) is 0 Å². The molecule has 0 bridgehead atoms. The van der Waals surface area contributed by atoms with E-state index in [1.165, 1.54) is 10.4 Å². The molecule has 1 saturated heterocycles. The predicted molar refractivity (Wildman–Crippen MR) is 93.4 cm³/mol. The number of fused-ring (bicyclic) bond motifs is 1. The number of nitrogens with zero attached hydrogens (tertiary/aromatic N) is 1. The first-order valence-electron chi connectivity index (χ1n) is 7.39. The molecule has 0 aromatic carbocycles. The number of carbonyl (C=O) groups is 1. The monoisotopic (exact) mass is 346 g/mol. The Kier molecular flexibility index (Phi) is 6.00. The maximum atomic E-state index is 12.8. The molecule has 2 unspecified atom stereocenters. The van der Waals surface area contributed by atoms with E-state index in [0.29, 0.717) is 11.8 Å². The van der Waals surface area contributed by atoms with Gasteiger partial charge in [-0.3, -0.25) is 4.79 Å². The zero-order chi connectivity index (χ0) is 14.1. The minimum absolute atomic E-state index is 0. The standard InChI is InChI=1S/C15H22N2OS2.ClH/c1-10(16)11-2-6-17(7-3-11)15(18)14-12-4-8-19-13(12)5-9-20-14;/h4,8,10-11,14H,2-3,5-7,9,16H2,1H3;1H. The summed E-state index contributed by atoms with van der Waals surface area (Å²) in [5, 5.41) is 2.16. The Balaban J connectivity index is 0.00000161. The Labute approximate surface area is 141 Å². The minimum atomic E-state index is 0. The second kappa shape index (κ2) is 7.36. The summed E-state index contributed by atoms with van der Waals surface area (Å²) >= 11 is 3.61. The van der Waals surface area contributed by atoms with Crippen LogP contribution in [0.4, 0.5) is 0 Å². The number of halogens is 1. The fraction of sp³-hybridized carbons (Fsp3) is 0.667. The zero-order valence-corrected chi connectivity index (χ0v) is 14.7. The predicted octanol–water partition coefficient (Wildman–Crippen LogP) is 3.09. The Hall–Kier alpha value is -0.230. The van der Waals surface area contributed by atoms with Gasteiger partial charge in [0.1, 0.15) is 5.25 Å². The van der Waals surface area contributed by atoms with E-state index in [0.717, 1.165) is 38.1 Å². The minimum Gasteiger partial charge on any atom is -0.341 e. The van der Waals surface area contributed by atoms with Gasteiger partial charge in [-0.05, 0) is 54.9 Å². The lowest BCUT2D eigenvalue weighted by Crippen LogP contribution is -2.44. The number of carbonyl (C=O) groups excluding carboxylic acids is 1. The van der Waals surface area contributed by atoms with Crippen molar-refractivity contribution < 1.29 is 4.79 Å². The Morgan fingerprint density at radius 2 is 2.14 bits per heavy atom. The van der Waals surface area contributed by atoms with Gasteiger partial charge in [0.2, 0.25) is 5.91 Å². The maximum absolute atomic E-state index is 12.8. The molecule has 1 aromatic rings. The number of piperidine rings is 1. The van der Waals surface area contributed by atoms with Gasteiger partial charge < -0.3 is 10.6 Å². The summed E-state index contributed by atoms with van der Waals surface area (Å²) in [5.41, 5.74) is 7.24. The largest absolute Gasteiger partial charge is 0.341 e. The van der Waals surface area contributed by atoms with Gasteiger partial charge in [0.05, 0.1) is 0 Å². The van der Waals surface area contributed by atoms with Gasteiger partial charge in [-0.25, -0.2) is 0 Å². The lowest BCUT2D eigenvalue weighted by Gasteiger charge is -2.36. The Bertz CT molecular complexity index is 484. The van der Waals surface area contributed by atoms with Gasteiger partial charge >= 0.3 is 0 Å². The van der Waals surface area contributed by atoms with E-state index in [1.807, 2.05) is 11.8 Å². The van der Waals surface area contributed by atoms with Crippen molar-refractivity contribution in [1.29, 1.82) is 0 Å². The molecule has 0 radical (unpaired) electrons. The highest BCUT2D eigenvalue weighted by atomic mass is 35.5. The van der Waals surface area contributed by atoms with Crippen LogP contribution in [0.5, 0.6) is 0 Å². The smallest absolute Gasteiger partial charge is 0.240 e. The van der Waals surface area contributed by atoms with E-state index in [-0.39, 0.29) is 23.7 Å². The number of thioether (sulfide) groups is 1. The van der Waals surface area contributed by atoms with Crippen molar-refractivity contribution in [2.75, 3.05) is 18.8 Å². The van der Waals surface area contributed by atoms with Crippen molar-refractivity contribution in [2.45, 2.75) is 37.5 Å². The summed E-state index contributed by atoms with van der Waals surface area (Å²) in [6, 6.07) is 2.39. The number of nitrogens with two attached hydrogens (primary N) is 1. The molecule has 0 saturated carbocycles. The molecule has 0 spiro atoms. The van der Waals surface area contributed by atoms with Crippen LogP contribution in [0.25, 0.3) is 0 Å². The summed E-state index contributed by atoms with van der Waals surface area (Å²) < 4.78 is 0. The van der Waals surface area contributed by atoms with Gasteiger partial charge in [-0.1, -0.05) is 0 Å². The highest BCUT2D eigenvalue weighted by Crippen LogP contribution is 2.40. The highest BCUT2D eigenvalue weighted by Gasteiger charge is 2.33. The van der Waals surface area contributed by atoms with Gasteiger partial charge in [0.15, 0.2) is 0 Å². The third-order valence-corrected chi connectivity index (χ3v) is 6.72. The lowest BCUT2D eigenvalue weighted by atomic mass is 9.90. The number of likely N-dealkylation sites (tertiary alicyclic amines) is 1. The molecular weight excluding hydrogens is 324 g/mol. The van der Waals surface area contributed by atoms with E-state index in [4.69, 9.17) is 5.73 Å². The summed E-state index contributed by atoms with van der Waals surface area (Å²) in [4.78, 5) is 16.2. The van der Waals surface area contributed by atoms with Gasteiger partial charge in [0, 0.05) is 24.0 Å². The molecule has 2 atom stereocenters. The van der Waals surface area contributed by atoms with Gasteiger partial charge in [-0.15, -0.1) is 35.5 Å². The molecule has 1 fully saturated rings. The molecule has 1 aromatic heterocycles. The van der Waals surface area contributed by atoms with E-state index in [1.54, 1.807) is 11.3 Å². The van der Waals surface area contributed by atoms with Crippen LogP contribution in [-0.2, 0) is 11.2 Å². The Morgan fingerprint density at radius 1 is 1.43 bits per heavy atom. The number of aryl methyl sites for hydroxylation is 1. The first-order chi connectivity index (χ1) is 9.66. The van der Waals surface area contributed by atoms with Crippen molar-refractivity contribution in [3.8, 4) is 0 Å². The van der Waals surface area contributed by atoms with Crippen LogP contribution in [0.2, 0.25) is 0 Å². The molecule has 3 nitrogen and oxygen atoms in total. The summed E-state index contributed by atoms with van der Waals surface area (Å²) in [7, 11) is 0. The molecule has 21 heavy (non-hydrogen) atoms. The number of hydrogen-bond donors (Lipinski definition) is 1. The molecule has 3 heterocycles. The first-order valence-corrected chi connectivity index (χ1v) is 9.32. The third-order valence-electron chi connectivity index (χ3n) is 4.50. The van der Waals surface area contributed by atoms with E-state index in [9.17, 15) is 4.79 Å². The second-order valence-corrected chi connectivity index (χ2v) is 8.04. The fourth-order valence-corrected chi connectivity index (χ4v) is 5.54. The van der Waals surface area contributed by atoms with Gasteiger partial charge in [0.25, 0.3) is 0 Å². The first kappa shape index (κ1) is 17.1. The molecule has 2 N–H and O–H groups in total. The quantitative estimate of drug-likeness (QED) is 0.895. The van der Waals surface area contributed by atoms with Crippen molar-refractivity contribution in [2.24, 2.45) is 11.7 Å². The van der Waals surface area contributed by atoms with Crippen LogP contribution in [0.15, 0.2) is 11.4 Å². The Morgan fingerprint density at radius 3 is 2.81 bits per heavy atom.